The molecule has 0 unspecified atom stereocenters. The van der Waals surface area contributed by atoms with E-state index in [0.29, 0.717) is 0 Å². The molecular weight excluding hydrogens is 223 g/mol. The fourth-order valence-electron chi connectivity index (χ4n) is 1.36. The molecule has 2 aromatic rings. The third-order valence-corrected chi connectivity index (χ3v) is 2.18. The van der Waals surface area contributed by atoms with Gasteiger partial charge in [-0.15, -0.1) is 0 Å². The Labute approximate surface area is 96.1 Å². The van der Waals surface area contributed by atoms with E-state index in [-0.39, 0.29) is 11.3 Å². The number of carbonyl (C=O) groups excluding carboxylic acids is 1. The van der Waals surface area contributed by atoms with Gasteiger partial charge in [0.2, 0.25) is 0 Å². The zero-order valence-electron chi connectivity index (χ0n) is 8.74. The molecule has 0 spiro atoms. The van der Waals surface area contributed by atoms with E-state index in [1.165, 1.54) is 30.5 Å². The molecule has 1 aromatic heterocycles. The highest BCUT2D eigenvalue weighted by Gasteiger charge is 2.11. The lowest BCUT2D eigenvalue weighted by Gasteiger charge is -2.04. The Bertz CT molecular complexity index is 607. The molecule has 0 bridgehead atoms. The largest absolute Gasteiger partial charge is 0.327 e. The van der Waals surface area contributed by atoms with Crippen LogP contribution in [-0.2, 0) is 0 Å². The molecule has 0 atom stereocenters. The van der Waals surface area contributed by atoms with Gasteiger partial charge in [0.1, 0.15) is 11.5 Å². The number of aromatic amines is 1. The third kappa shape index (κ3) is 2.39. The predicted molar refractivity (Wildman–Crippen MR) is 61.4 cm³/mol. The molecule has 0 radical (unpaired) electrons. The Morgan fingerprint density at radius 3 is 2.65 bits per heavy atom. The minimum Gasteiger partial charge on any atom is -0.327 e. The summed E-state index contributed by atoms with van der Waals surface area (Å²) in [6, 6.07) is 8.58. The minimum absolute atomic E-state index is 0.0840. The Balaban J connectivity index is 2.27. The van der Waals surface area contributed by atoms with E-state index in [4.69, 9.17) is 0 Å². The lowest BCUT2D eigenvalue weighted by Crippen LogP contribution is -2.20. The van der Waals surface area contributed by atoms with Gasteiger partial charge in [-0.2, -0.15) is 0 Å². The topological polar surface area (TPSA) is 62.0 Å². The summed E-state index contributed by atoms with van der Waals surface area (Å²) in [6.07, 6.45) is 1.45. The first-order chi connectivity index (χ1) is 8.18. The minimum atomic E-state index is -0.653. The van der Waals surface area contributed by atoms with E-state index in [1.807, 2.05) is 0 Å². The summed E-state index contributed by atoms with van der Waals surface area (Å²) in [5.41, 5.74) is -0.450. The number of H-pyrrole nitrogens is 1. The molecule has 4 nitrogen and oxygen atoms in total. The van der Waals surface area contributed by atoms with Gasteiger partial charge >= 0.3 is 0 Å². The zero-order valence-corrected chi connectivity index (χ0v) is 8.74. The highest BCUT2D eigenvalue weighted by atomic mass is 19.1. The van der Waals surface area contributed by atoms with Crippen molar-refractivity contribution in [2.24, 2.45) is 0 Å². The van der Waals surface area contributed by atoms with Crippen molar-refractivity contribution < 1.29 is 9.18 Å². The highest BCUT2D eigenvalue weighted by Crippen LogP contribution is 2.08. The monoisotopic (exact) mass is 232 g/mol. The van der Waals surface area contributed by atoms with Crippen LogP contribution in [0.2, 0.25) is 0 Å². The number of hydrogen-bond donors (Lipinski definition) is 2. The molecule has 0 saturated carbocycles. The van der Waals surface area contributed by atoms with Crippen molar-refractivity contribution in [2.75, 3.05) is 5.32 Å². The highest BCUT2D eigenvalue weighted by molar-refractivity contribution is 6.04. The molecule has 0 saturated heterocycles. The molecule has 17 heavy (non-hydrogen) atoms. The van der Waals surface area contributed by atoms with Crippen LogP contribution >= 0.6 is 0 Å². The van der Waals surface area contributed by atoms with Gasteiger partial charge in [0, 0.05) is 6.20 Å². The third-order valence-electron chi connectivity index (χ3n) is 2.18. The number of rotatable bonds is 2. The molecule has 0 aliphatic heterocycles. The smallest absolute Gasteiger partial charge is 0.271 e. The summed E-state index contributed by atoms with van der Waals surface area (Å²) in [6.45, 7) is 0. The van der Waals surface area contributed by atoms with Gasteiger partial charge < -0.3 is 10.3 Å². The number of anilines is 1. The van der Waals surface area contributed by atoms with Gasteiger partial charge in [-0.1, -0.05) is 12.1 Å². The second kappa shape index (κ2) is 4.61. The summed E-state index contributed by atoms with van der Waals surface area (Å²) in [4.78, 5) is 25.4. The molecule has 5 heteroatoms. The Kier molecular flexibility index (Phi) is 3.00. The van der Waals surface area contributed by atoms with Crippen molar-refractivity contribution in [3.63, 3.8) is 0 Å². The molecule has 1 heterocycles. The Morgan fingerprint density at radius 2 is 1.94 bits per heavy atom. The van der Waals surface area contributed by atoms with Gasteiger partial charge in [-0.05, 0) is 24.3 Å². The van der Waals surface area contributed by atoms with Gasteiger partial charge in [0.25, 0.3) is 11.5 Å². The van der Waals surface area contributed by atoms with Crippen LogP contribution in [0.15, 0.2) is 47.4 Å². The summed E-state index contributed by atoms with van der Waals surface area (Å²) in [7, 11) is 0. The molecule has 1 aromatic carbocycles. The van der Waals surface area contributed by atoms with Crippen LogP contribution in [0.25, 0.3) is 0 Å². The fourth-order valence-corrected chi connectivity index (χ4v) is 1.36. The van der Waals surface area contributed by atoms with Crippen molar-refractivity contribution in [3.05, 3.63) is 64.3 Å². The Hall–Kier alpha value is -2.43. The Morgan fingerprint density at radius 1 is 1.18 bits per heavy atom. The standard InChI is InChI=1S/C12H9FN2O2/c13-9-5-2-1-4-8(9)11(16)15-10-6-3-7-14-12(10)17/h1-7H,(H,14,17)(H,15,16). The lowest BCUT2D eigenvalue weighted by atomic mass is 10.2. The second-order valence-electron chi connectivity index (χ2n) is 3.35. The lowest BCUT2D eigenvalue weighted by molar-refractivity contribution is 0.102. The van der Waals surface area contributed by atoms with E-state index in [1.54, 1.807) is 12.1 Å². The van der Waals surface area contributed by atoms with Crippen LogP contribution in [0.4, 0.5) is 10.1 Å². The number of carbonyl (C=O) groups is 1. The van der Waals surface area contributed by atoms with Crippen molar-refractivity contribution >= 4 is 11.6 Å². The number of amides is 1. The maximum absolute atomic E-state index is 13.3. The number of halogens is 1. The SMILES string of the molecule is O=C(Nc1ccc[nH]c1=O)c1ccccc1F. The molecular formula is C12H9FN2O2. The number of benzene rings is 1. The molecule has 0 aliphatic rings. The number of hydrogen-bond acceptors (Lipinski definition) is 2. The van der Waals surface area contributed by atoms with Gasteiger partial charge in [-0.3, -0.25) is 9.59 Å². The summed E-state index contributed by atoms with van der Waals surface area (Å²) >= 11 is 0. The van der Waals surface area contributed by atoms with Crippen LogP contribution < -0.4 is 10.9 Å². The molecule has 86 valence electrons. The number of nitrogens with one attached hydrogen (secondary N) is 2. The van der Waals surface area contributed by atoms with Gasteiger partial charge in [0.05, 0.1) is 5.56 Å². The number of aromatic nitrogens is 1. The first kappa shape index (κ1) is 11.1. The van der Waals surface area contributed by atoms with Crippen LogP contribution in [0, 0.1) is 5.82 Å². The normalized spacial score (nSPS) is 9.94. The summed E-state index contributed by atoms with van der Waals surface area (Å²) in [5, 5.41) is 2.34. The maximum atomic E-state index is 13.3. The van der Waals surface area contributed by atoms with E-state index < -0.39 is 17.3 Å². The molecule has 2 rings (SSSR count). The molecule has 0 aliphatic carbocycles. The first-order valence-corrected chi connectivity index (χ1v) is 4.92. The molecule has 2 N–H and O–H groups in total. The average molecular weight is 232 g/mol. The first-order valence-electron chi connectivity index (χ1n) is 4.92. The van der Waals surface area contributed by atoms with E-state index >= 15 is 0 Å². The maximum Gasteiger partial charge on any atom is 0.271 e. The van der Waals surface area contributed by atoms with Gasteiger partial charge in [0.15, 0.2) is 0 Å². The van der Waals surface area contributed by atoms with Crippen molar-refractivity contribution in [1.29, 1.82) is 0 Å². The van der Waals surface area contributed by atoms with Crippen molar-refractivity contribution in [2.45, 2.75) is 0 Å². The quantitative estimate of drug-likeness (QED) is 0.828. The zero-order chi connectivity index (χ0) is 12.3. The molecule has 1 amide bonds. The predicted octanol–water partition coefficient (Wildman–Crippen LogP) is 1.77. The van der Waals surface area contributed by atoms with Crippen LogP contribution in [0.1, 0.15) is 10.4 Å². The van der Waals surface area contributed by atoms with Crippen LogP contribution in [-0.4, -0.2) is 10.9 Å². The van der Waals surface area contributed by atoms with E-state index in [2.05, 4.69) is 10.3 Å². The second-order valence-corrected chi connectivity index (χ2v) is 3.35. The van der Waals surface area contributed by atoms with Crippen LogP contribution in [0.5, 0.6) is 0 Å². The summed E-state index contributed by atoms with van der Waals surface area (Å²) < 4.78 is 13.3. The fraction of sp³-hybridized carbons (Fsp3) is 0. The van der Waals surface area contributed by atoms with Crippen molar-refractivity contribution in [3.8, 4) is 0 Å². The van der Waals surface area contributed by atoms with E-state index in [9.17, 15) is 14.0 Å². The van der Waals surface area contributed by atoms with Gasteiger partial charge in [-0.25, -0.2) is 4.39 Å². The van der Waals surface area contributed by atoms with Crippen LogP contribution in [0.3, 0.4) is 0 Å². The van der Waals surface area contributed by atoms with E-state index in [0.717, 1.165) is 0 Å². The summed E-state index contributed by atoms with van der Waals surface area (Å²) in [5.74, 6) is -1.28. The number of pyridine rings is 1. The average Bonchev–Trinajstić information content (AvgIpc) is 2.32. The van der Waals surface area contributed by atoms with Crippen molar-refractivity contribution in [1.82, 2.24) is 4.98 Å². The molecule has 0 fully saturated rings.